The molecule has 0 spiro atoms. The number of nitrogens with zero attached hydrogens (tertiary/aromatic N) is 1. The van der Waals surface area contributed by atoms with Gasteiger partial charge in [0, 0.05) is 29.5 Å². The maximum atomic E-state index is 12.7. The highest BCUT2D eigenvalue weighted by Gasteiger charge is 2.15. The van der Waals surface area contributed by atoms with Crippen LogP contribution in [0.4, 0.5) is 0 Å². The number of aromatic amines is 1. The van der Waals surface area contributed by atoms with E-state index in [0.29, 0.717) is 17.3 Å². The average Bonchev–Trinajstić information content (AvgIpc) is 2.93. The number of fused-ring (bicyclic) bond motifs is 1. The van der Waals surface area contributed by atoms with Gasteiger partial charge in [0.2, 0.25) is 0 Å². The van der Waals surface area contributed by atoms with Crippen molar-refractivity contribution in [3.05, 3.63) is 69.9 Å². The monoisotopic (exact) mass is 326 g/mol. The highest BCUT2D eigenvalue weighted by molar-refractivity contribution is 6.30. The van der Waals surface area contributed by atoms with Gasteiger partial charge in [-0.05, 0) is 54.8 Å². The molecule has 23 heavy (non-hydrogen) atoms. The summed E-state index contributed by atoms with van der Waals surface area (Å²) in [7, 11) is 1.81. The number of nitrogens with one attached hydrogen (secondary N) is 1. The molecule has 1 amide bonds. The predicted molar refractivity (Wildman–Crippen MR) is 95.0 cm³/mol. The third-order valence-corrected chi connectivity index (χ3v) is 4.25. The Kier molecular flexibility index (Phi) is 4.14. The molecule has 0 radical (unpaired) electrons. The number of benzene rings is 2. The van der Waals surface area contributed by atoms with Gasteiger partial charge in [0.15, 0.2) is 0 Å². The Bertz CT molecular complexity index is 865. The van der Waals surface area contributed by atoms with Crippen LogP contribution in [0, 0.1) is 13.8 Å². The number of hydrogen-bond donors (Lipinski definition) is 1. The first kappa shape index (κ1) is 15.6. The molecule has 118 valence electrons. The smallest absolute Gasteiger partial charge is 0.270 e. The largest absolute Gasteiger partial charge is 0.351 e. The molecule has 0 atom stereocenters. The number of halogens is 1. The molecule has 1 heterocycles. The zero-order valence-corrected chi connectivity index (χ0v) is 14.2. The van der Waals surface area contributed by atoms with Crippen molar-refractivity contribution in [1.29, 1.82) is 0 Å². The van der Waals surface area contributed by atoms with Crippen LogP contribution in [0.25, 0.3) is 10.9 Å². The van der Waals surface area contributed by atoms with Crippen LogP contribution in [-0.2, 0) is 6.54 Å². The Hall–Kier alpha value is -2.26. The Morgan fingerprint density at radius 2 is 1.83 bits per heavy atom. The molecule has 0 bridgehead atoms. The number of carbonyl (C=O) groups excluding carboxylic acids is 1. The number of aromatic nitrogens is 1. The summed E-state index contributed by atoms with van der Waals surface area (Å²) in [6.07, 6.45) is 0. The lowest BCUT2D eigenvalue weighted by Crippen LogP contribution is -2.26. The van der Waals surface area contributed by atoms with Crippen molar-refractivity contribution in [2.24, 2.45) is 0 Å². The Labute approximate surface area is 140 Å². The van der Waals surface area contributed by atoms with Gasteiger partial charge in [-0.25, -0.2) is 0 Å². The Morgan fingerprint density at radius 3 is 2.52 bits per heavy atom. The number of carbonyl (C=O) groups is 1. The summed E-state index contributed by atoms with van der Waals surface area (Å²) < 4.78 is 0. The molecule has 0 aliphatic heterocycles. The van der Waals surface area contributed by atoms with E-state index in [1.165, 1.54) is 11.1 Å². The second-order valence-electron chi connectivity index (χ2n) is 6.01. The Balaban J connectivity index is 1.84. The molecule has 0 unspecified atom stereocenters. The number of H-pyrrole nitrogens is 1. The van der Waals surface area contributed by atoms with E-state index >= 15 is 0 Å². The van der Waals surface area contributed by atoms with Crippen molar-refractivity contribution in [1.82, 2.24) is 9.88 Å². The minimum Gasteiger partial charge on any atom is -0.351 e. The summed E-state index contributed by atoms with van der Waals surface area (Å²) >= 11 is 5.89. The molecule has 3 nitrogen and oxygen atoms in total. The van der Waals surface area contributed by atoms with Crippen LogP contribution >= 0.6 is 11.6 Å². The Morgan fingerprint density at radius 1 is 1.13 bits per heavy atom. The standard InChI is InChI=1S/C19H19ClN2O/c1-12-8-13(2)16-10-18(21-17(16)9-12)19(23)22(3)11-14-4-6-15(20)7-5-14/h4-10,21H,11H2,1-3H3. The van der Waals surface area contributed by atoms with E-state index in [4.69, 9.17) is 11.6 Å². The second-order valence-corrected chi connectivity index (χ2v) is 6.45. The third kappa shape index (κ3) is 3.25. The number of hydrogen-bond acceptors (Lipinski definition) is 1. The van der Waals surface area contributed by atoms with Crippen LogP contribution in [-0.4, -0.2) is 22.8 Å². The van der Waals surface area contributed by atoms with Gasteiger partial charge in [0.1, 0.15) is 5.69 Å². The minimum atomic E-state index is -0.0202. The molecular weight excluding hydrogens is 308 g/mol. The summed E-state index contributed by atoms with van der Waals surface area (Å²) in [5, 5.41) is 1.79. The second kappa shape index (κ2) is 6.09. The van der Waals surface area contributed by atoms with E-state index in [2.05, 4.69) is 31.0 Å². The fourth-order valence-electron chi connectivity index (χ4n) is 2.86. The van der Waals surface area contributed by atoms with E-state index in [1.54, 1.807) is 11.9 Å². The lowest BCUT2D eigenvalue weighted by Gasteiger charge is -2.16. The highest BCUT2D eigenvalue weighted by atomic mass is 35.5. The molecule has 4 heteroatoms. The normalized spacial score (nSPS) is 11.0. The van der Waals surface area contributed by atoms with Crippen LogP contribution in [0.5, 0.6) is 0 Å². The van der Waals surface area contributed by atoms with Crippen LogP contribution in [0.1, 0.15) is 27.2 Å². The van der Waals surface area contributed by atoms with Gasteiger partial charge in [0.05, 0.1) is 0 Å². The van der Waals surface area contributed by atoms with Gasteiger partial charge in [-0.1, -0.05) is 29.8 Å². The van der Waals surface area contributed by atoms with Crippen LogP contribution in [0.2, 0.25) is 5.02 Å². The third-order valence-electron chi connectivity index (χ3n) is 4.00. The summed E-state index contributed by atoms with van der Waals surface area (Å²) in [5.74, 6) is -0.0202. The van der Waals surface area contributed by atoms with Crippen molar-refractivity contribution < 1.29 is 4.79 Å². The first-order valence-electron chi connectivity index (χ1n) is 7.54. The lowest BCUT2D eigenvalue weighted by atomic mass is 10.1. The van der Waals surface area contributed by atoms with E-state index < -0.39 is 0 Å². The van der Waals surface area contributed by atoms with E-state index in [9.17, 15) is 4.79 Å². The van der Waals surface area contributed by atoms with Crippen molar-refractivity contribution in [2.45, 2.75) is 20.4 Å². The zero-order valence-electron chi connectivity index (χ0n) is 13.5. The first-order valence-corrected chi connectivity index (χ1v) is 7.92. The summed E-state index contributed by atoms with van der Waals surface area (Å²) in [6, 6.07) is 13.7. The van der Waals surface area contributed by atoms with E-state index in [-0.39, 0.29) is 5.91 Å². The minimum absolute atomic E-state index is 0.0202. The molecule has 0 aliphatic carbocycles. The highest BCUT2D eigenvalue weighted by Crippen LogP contribution is 2.22. The quantitative estimate of drug-likeness (QED) is 0.743. The van der Waals surface area contributed by atoms with Gasteiger partial charge in [-0.2, -0.15) is 0 Å². The molecule has 0 saturated carbocycles. The predicted octanol–water partition coefficient (Wildman–Crippen LogP) is 4.71. The zero-order chi connectivity index (χ0) is 16.6. The molecular formula is C19H19ClN2O. The number of amides is 1. The maximum Gasteiger partial charge on any atom is 0.270 e. The van der Waals surface area contributed by atoms with Gasteiger partial charge >= 0.3 is 0 Å². The van der Waals surface area contributed by atoms with Crippen molar-refractivity contribution in [3.8, 4) is 0 Å². The number of rotatable bonds is 3. The molecule has 1 N–H and O–H groups in total. The van der Waals surface area contributed by atoms with Gasteiger partial charge in [0.25, 0.3) is 5.91 Å². The first-order chi connectivity index (χ1) is 10.9. The summed E-state index contributed by atoms with van der Waals surface area (Å²) in [5.41, 5.74) is 5.03. The molecule has 0 aliphatic rings. The average molecular weight is 327 g/mol. The summed E-state index contributed by atoms with van der Waals surface area (Å²) in [4.78, 5) is 17.6. The molecule has 1 aromatic heterocycles. The van der Waals surface area contributed by atoms with Crippen LogP contribution < -0.4 is 0 Å². The lowest BCUT2D eigenvalue weighted by molar-refractivity contribution is 0.0780. The molecule has 0 saturated heterocycles. The molecule has 0 fully saturated rings. The molecule has 3 rings (SSSR count). The van der Waals surface area contributed by atoms with E-state index in [0.717, 1.165) is 16.5 Å². The molecule has 3 aromatic rings. The van der Waals surface area contributed by atoms with Crippen LogP contribution in [0.15, 0.2) is 42.5 Å². The van der Waals surface area contributed by atoms with Crippen molar-refractivity contribution in [3.63, 3.8) is 0 Å². The summed E-state index contributed by atoms with van der Waals surface area (Å²) in [6.45, 7) is 4.67. The fourth-order valence-corrected chi connectivity index (χ4v) is 2.98. The fraction of sp³-hybridized carbons (Fsp3) is 0.211. The maximum absolute atomic E-state index is 12.7. The number of aryl methyl sites for hydroxylation is 2. The molecule has 2 aromatic carbocycles. The van der Waals surface area contributed by atoms with Gasteiger partial charge in [-0.3, -0.25) is 4.79 Å². The van der Waals surface area contributed by atoms with Crippen molar-refractivity contribution >= 4 is 28.4 Å². The SMILES string of the molecule is Cc1cc(C)c2cc(C(=O)N(C)Cc3ccc(Cl)cc3)[nH]c2c1. The van der Waals surface area contributed by atoms with Gasteiger partial charge < -0.3 is 9.88 Å². The topological polar surface area (TPSA) is 36.1 Å². The van der Waals surface area contributed by atoms with Crippen LogP contribution in [0.3, 0.4) is 0 Å². The van der Waals surface area contributed by atoms with Gasteiger partial charge in [-0.15, -0.1) is 0 Å². The van der Waals surface area contributed by atoms with E-state index in [1.807, 2.05) is 30.3 Å². The van der Waals surface area contributed by atoms with Crippen molar-refractivity contribution in [2.75, 3.05) is 7.05 Å².